The van der Waals surface area contributed by atoms with Crippen LogP contribution < -0.4 is 5.32 Å². The topological polar surface area (TPSA) is 64.0 Å². The maximum Gasteiger partial charge on any atom is 0.341 e. The molecule has 0 fully saturated rings. The van der Waals surface area contributed by atoms with Crippen molar-refractivity contribution in [3.8, 4) is 0 Å². The molecule has 0 saturated heterocycles. The Labute approximate surface area is 147 Å². The van der Waals surface area contributed by atoms with Gasteiger partial charge in [-0.25, -0.2) is 8.42 Å². The highest BCUT2D eigenvalue weighted by molar-refractivity contribution is 7.91. The van der Waals surface area contributed by atoms with Crippen LogP contribution in [0.1, 0.15) is 45.0 Å². The quantitative estimate of drug-likeness (QED) is 0.859. The lowest BCUT2D eigenvalue weighted by Gasteiger charge is -2.19. The van der Waals surface area contributed by atoms with Gasteiger partial charge in [-0.2, -0.15) is 13.9 Å². The number of benzene rings is 1. The molecule has 2 rings (SSSR count). The van der Waals surface area contributed by atoms with E-state index >= 15 is 0 Å². The second-order valence-electron chi connectivity index (χ2n) is 6.98. The van der Waals surface area contributed by atoms with E-state index in [1.165, 1.54) is 24.3 Å². The number of nitrogens with one attached hydrogen (secondary N) is 1. The number of aryl methyl sites for hydroxylation is 1. The molecule has 0 aliphatic heterocycles. The molecule has 25 heavy (non-hydrogen) atoms. The van der Waals surface area contributed by atoms with E-state index in [0.717, 1.165) is 11.3 Å². The second kappa shape index (κ2) is 6.74. The zero-order valence-corrected chi connectivity index (χ0v) is 15.7. The van der Waals surface area contributed by atoms with Crippen molar-refractivity contribution in [1.29, 1.82) is 0 Å². The Hall–Kier alpha value is -1.96. The molecule has 1 aromatic heterocycles. The number of nitrogens with zero attached hydrogens (tertiary/aromatic N) is 2. The van der Waals surface area contributed by atoms with E-state index in [1.54, 1.807) is 0 Å². The summed E-state index contributed by atoms with van der Waals surface area (Å²) in [6, 6.07) is 5.25. The standard InChI is InChI=1S/C17H23F2N3O2S/c1-11(15-10-22(17(3,4)5)21-12(15)2)20-13-6-8-14(9-7-13)25(23,24)16(18)19/h6-11,16,20H,1-5H3. The monoisotopic (exact) mass is 371 g/mol. The molecule has 0 spiro atoms. The van der Waals surface area contributed by atoms with Gasteiger partial charge in [0, 0.05) is 17.4 Å². The minimum atomic E-state index is -4.57. The second-order valence-corrected chi connectivity index (χ2v) is 8.90. The van der Waals surface area contributed by atoms with Crippen LogP contribution in [-0.2, 0) is 15.4 Å². The van der Waals surface area contributed by atoms with Crippen molar-refractivity contribution in [3.05, 3.63) is 41.7 Å². The number of aromatic nitrogens is 2. The lowest BCUT2D eigenvalue weighted by molar-refractivity contribution is 0.234. The molecule has 5 nitrogen and oxygen atoms in total. The average molecular weight is 371 g/mol. The zero-order valence-electron chi connectivity index (χ0n) is 14.9. The van der Waals surface area contributed by atoms with Gasteiger partial charge in [0.25, 0.3) is 0 Å². The van der Waals surface area contributed by atoms with Crippen molar-refractivity contribution in [2.24, 2.45) is 0 Å². The Bertz CT molecular complexity index is 838. The molecule has 0 aliphatic carbocycles. The van der Waals surface area contributed by atoms with Crippen LogP contribution in [0.3, 0.4) is 0 Å². The third-order valence-electron chi connectivity index (χ3n) is 3.89. The van der Waals surface area contributed by atoms with Gasteiger partial charge in [-0.15, -0.1) is 0 Å². The van der Waals surface area contributed by atoms with Crippen molar-refractivity contribution < 1.29 is 17.2 Å². The minimum Gasteiger partial charge on any atom is -0.378 e. The highest BCUT2D eigenvalue weighted by Gasteiger charge is 2.26. The molecule has 0 radical (unpaired) electrons. The van der Waals surface area contributed by atoms with Gasteiger partial charge in [0.1, 0.15) is 0 Å². The normalized spacial score (nSPS) is 13.9. The first-order valence-electron chi connectivity index (χ1n) is 7.88. The number of sulfone groups is 1. The van der Waals surface area contributed by atoms with Gasteiger partial charge in [-0.1, -0.05) is 0 Å². The molecule has 1 atom stereocenters. The first-order valence-corrected chi connectivity index (χ1v) is 9.43. The summed E-state index contributed by atoms with van der Waals surface area (Å²) in [6.07, 6.45) is 1.97. The van der Waals surface area contributed by atoms with Crippen LogP contribution >= 0.6 is 0 Å². The van der Waals surface area contributed by atoms with Crippen molar-refractivity contribution in [1.82, 2.24) is 9.78 Å². The van der Waals surface area contributed by atoms with Gasteiger partial charge in [0.05, 0.1) is 22.2 Å². The van der Waals surface area contributed by atoms with Crippen molar-refractivity contribution >= 4 is 15.5 Å². The summed E-state index contributed by atoms with van der Waals surface area (Å²) in [4.78, 5) is -0.391. The SMILES string of the molecule is Cc1nn(C(C)(C)C)cc1C(C)Nc1ccc(S(=O)(=O)C(F)F)cc1. The van der Waals surface area contributed by atoms with Gasteiger partial charge in [0.15, 0.2) is 0 Å². The fourth-order valence-electron chi connectivity index (χ4n) is 2.41. The van der Waals surface area contributed by atoms with Gasteiger partial charge in [-0.05, 0) is 58.9 Å². The third kappa shape index (κ3) is 4.18. The first-order chi connectivity index (χ1) is 11.4. The van der Waals surface area contributed by atoms with E-state index in [9.17, 15) is 17.2 Å². The van der Waals surface area contributed by atoms with Crippen LogP contribution in [0, 0.1) is 6.92 Å². The molecule has 0 amide bonds. The smallest absolute Gasteiger partial charge is 0.341 e. The predicted octanol–water partition coefficient (Wildman–Crippen LogP) is 4.12. The molecule has 138 valence electrons. The van der Waals surface area contributed by atoms with Crippen LogP contribution in [-0.4, -0.2) is 24.0 Å². The lowest BCUT2D eigenvalue weighted by Crippen LogP contribution is -2.22. The number of rotatable bonds is 5. The fraction of sp³-hybridized carbons (Fsp3) is 0.471. The van der Waals surface area contributed by atoms with E-state index in [1.807, 2.05) is 24.7 Å². The van der Waals surface area contributed by atoms with E-state index in [2.05, 4.69) is 31.2 Å². The highest BCUT2D eigenvalue weighted by atomic mass is 32.2. The summed E-state index contributed by atoms with van der Waals surface area (Å²) in [5, 5.41) is 7.76. The Morgan fingerprint density at radius 3 is 2.16 bits per heavy atom. The summed E-state index contributed by atoms with van der Waals surface area (Å²) < 4.78 is 49.9. The summed E-state index contributed by atoms with van der Waals surface area (Å²) >= 11 is 0. The molecule has 1 heterocycles. The largest absolute Gasteiger partial charge is 0.378 e. The Morgan fingerprint density at radius 1 is 1.16 bits per heavy atom. The minimum absolute atomic E-state index is 0.0753. The molecule has 1 unspecified atom stereocenters. The van der Waals surface area contributed by atoms with Crippen molar-refractivity contribution in [2.75, 3.05) is 5.32 Å². The van der Waals surface area contributed by atoms with Crippen LogP contribution in [0.25, 0.3) is 0 Å². The van der Waals surface area contributed by atoms with Gasteiger partial charge in [-0.3, -0.25) is 4.68 Å². The van der Waals surface area contributed by atoms with E-state index in [0.29, 0.717) is 5.69 Å². The molecule has 0 saturated carbocycles. The molecule has 0 bridgehead atoms. The first kappa shape index (κ1) is 19.4. The fourth-order valence-corrected chi connectivity index (χ4v) is 3.13. The molecule has 2 aromatic rings. The van der Waals surface area contributed by atoms with E-state index < -0.39 is 20.5 Å². The summed E-state index contributed by atoms with van der Waals surface area (Å²) in [7, 11) is -4.57. The number of halogens is 2. The van der Waals surface area contributed by atoms with Gasteiger partial charge >= 0.3 is 5.76 Å². The predicted molar refractivity (Wildman–Crippen MR) is 93.6 cm³/mol. The maximum atomic E-state index is 12.6. The summed E-state index contributed by atoms with van der Waals surface area (Å²) in [5.74, 6) is -3.42. The van der Waals surface area contributed by atoms with Crippen LogP contribution in [0.2, 0.25) is 0 Å². The van der Waals surface area contributed by atoms with Crippen LogP contribution in [0.15, 0.2) is 35.4 Å². The van der Waals surface area contributed by atoms with E-state index in [-0.39, 0.29) is 11.6 Å². The highest BCUT2D eigenvalue weighted by Crippen LogP contribution is 2.26. The zero-order chi connectivity index (χ0) is 19.0. The molecule has 1 N–H and O–H groups in total. The average Bonchev–Trinajstić information content (AvgIpc) is 2.90. The molecule has 1 aromatic carbocycles. The lowest BCUT2D eigenvalue weighted by atomic mass is 10.1. The number of alkyl halides is 2. The Morgan fingerprint density at radius 2 is 1.72 bits per heavy atom. The third-order valence-corrected chi connectivity index (χ3v) is 5.29. The Balaban J connectivity index is 2.19. The molecule has 0 aliphatic rings. The summed E-state index contributed by atoms with van der Waals surface area (Å²) in [5.41, 5.74) is 2.42. The maximum absolute atomic E-state index is 12.6. The number of anilines is 1. The molecular formula is C17H23F2N3O2S. The van der Waals surface area contributed by atoms with Crippen LogP contribution in [0.4, 0.5) is 14.5 Å². The molecule has 8 heteroatoms. The van der Waals surface area contributed by atoms with Crippen LogP contribution in [0.5, 0.6) is 0 Å². The molecular weight excluding hydrogens is 348 g/mol. The number of hydrogen-bond acceptors (Lipinski definition) is 4. The van der Waals surface area contributed by atoms with Crippen molar-refractivity contribution in [2.45, 2.75) is 56.9 Å². The van der Waals surface area contributed by atoms with Gasteiger partial charge in [0.2, 0.25) is 9.84 Å². The van der Waals surface area contributed by atoms with Gasteiger partial charge < -0.3 is 5.32 Å². The van der Waals surface area contributed by atoms with Crippen molar-refractivity contribution in [3.63, 3.8) is 0 Å². The van der Waals surface area contributed by atoms with E-state index in [4.69, 9.17) is 0 Å². The number of hydrogen-bond donors (Lipinski definition) is 1. The Kier molecular flexibility index (Phi) is 5.22. The summed E-state index contributed by atoms with van der Waals surface area (Å²) in [6.45, 7) is 10.1.